The van der Waals surface area contributed by atoms with Gasteiger partial charge in [-0.15, -0.1) is 0 Å². The molecular weight excluding hydrogens is 307 g/mol. The van der Waals surface area contributed by atoms with Gasteiger partial charge >= 0.3 is 0 Å². The highest BCUT2D eigenvalue weighted by Crippen LogP contribution is 2.36. The van der Waals surface area contributed by atoms with Crippen molar-refractivity contribution in [2.75, 3.05) is 34.2 Å². The number of Topliss-reactive ketones (excluding diaryl/α,β-unsaturated/α-hetero) is 1. The minimum Gasteiger partial charge on any atom is -0.302 e. The van der Waals surface area contributed by atoms with E-state index >= 15 is 0 Å². The Bertz CT molecular complexity index is 527. The van der Waals surface area contributed by atoms with E-state index in [1.807, 2.05) is 7.05 Å². The summed E-state index contributed by atoms with van der Waals surface area (Å²) in [4.78, 5) is 16.7. The smallest absolute Gasteiger partial charge is 0.178 e. The van der Waals surface area contributed by atoms with Crippen LogP contribution in [0.1, 0.15) is 29.6 Å². The predicted octanol–water partition coefficient (Wildman–Crippen LogP) is 3.59. The van der Waals surface area contributed by atoms with Crippen molar-refractivity contribution >= 4 is 29.0 Å². The van der Waals surface area contributed by atoms with Crippen LogP contribution in [0.3, 0.4) is 0 Å². The number of rotatable bonds is 6. The molecule has 5 heteroatoms. The van der Waals surface area contributed by atoms with Gasteiger partial charge in [0, 0.05) is 22.7 Å². The third kappa shape index (κ3) is 3.78. The lowest BCUT2D eigenvalue weighted by Crippen LogP contribution is -2.57. The topological polar surface area (TPSA) is 23.6 Å². The van der Waals surface area contributed by atoms with Crippen molar-refractivity contribution < 1.29 is 4.79 Å². The second kappa shape index (κ2) is 6.66. The quantitative estimate of drug-likeness (QED) is 0.745. The van der Waals surface area contributed by atoms with Gasteiger partial charge in [-0.2, -0.15) is 0 Å². The summed E-state index contributed by atoms with van der Waals surface area (Å²) in [7, 11) is 6.22. The zero-order valence-corrected chi connectivity index (χ0v) is 14.3. The van der Waals surface area contributed by atoms with Gasteiger partial charge in [-0.25, -0.2) is 0 Å². The first kappa shape index (κ1) is 16.8. The van der Waals surface area contributed by atoms with Crippen LogP contribution in [0.5, 0.6) is 0 Å². The van der Waals surface area contributed by atoms with Crippen molar-refractivity contribution in [1.29, 1.82) is 0 Å². The van der Waals surface area contributed by atoms with Gasteiger partial charge in [-0.1, -0.05) is 23.2 Å². The van der Waals surface area contributed by atoms with Crippen molar-refractivity contribution in [2.45, 2.75) is 24.8 Å². The van der Waals surface area contributed by atoms with E-state index in [2.05, 4.69) is 23.9 Å². The molecule has 0 aromatic heterocycles. The molecule has 1 saturated carbocycles. The fraction of sp³-hybridized carbons (Fsp3) is 0.562. The normalized spacial score (nSPS) is 17.1. The van der Waals surface area contributed by atoms with Crippen molar-refractivity contribution in [3.63, 3.8) is 0 Å². The van der Waals surface area contributed by atoms with Crippen LogP contribution in [-0.2, 0) is 0 Å². The molecule has 0 aliphatic heterocycles. The van der Waals surface area contributed by atoms with Gasteiger partial charge in [0.1, 0.15) is 0 Å². The maximum Gasteiger partial charge on any atom is 0.178 e. The number of likely N-dealkylation sites (N-methyl/N-ethyl adjacent to an activating group) is 2. The average Bonchev–Trinajstić information content (AvgIpc) is 2.32. The molecule has 3 nitrogen and oxygen atoms in total. The molecule has 0 N–H and O–H groups in total. The molecule has 1 aromatic rings. The Balaban J connectivity index is 1.99. The van der Waals surface area contributed by atoms with Crippen LogP contribution in [0, 0.1) is 0 Å². The molecule has 2 rings (SSSR count). The highest BCUT2D eigenvalue weighted by molar-refractivity contribution is 6.36. The van der Waals surface area contributed by atoms with Crippen LogP contribution >= 0.6 is 23.2 Å². The minimum atomic E-state index is 0.0346. The Hall–Kier alpha value is -0.610. The second-order valence-electron chi connectivity index (χ2n) is 6.19. The van der Waals surface area contributed by atoms with Gasteiger partial charge in [-0.3, -0.25) is 9.69 Å². The predicted molar refractivity (Wildman–Crippen MR) is 88.6 cm³/mol. The Morgan fingerprint density at radius 3 is 2.38 bits per heavy atom. The molecule has 0 heterocycles. The molecule has 1 fully saturated rings. The van der Waals surface area contributed by atoms with Crippen LogP contribution < -0.4 is 0 Å². The first-order chi connectivity index (χ1) is 9.84. The Morgan fingerprint density at radius 1 is 1.24 bits per heavy atom. The molecule has 1 aliphatic rings. The summed E-state index contributed by atoms with van der Waals surface area (Å²) in [5.74, 6) is 0.0346. The summed E-state index contributed by atoms with van der Waals surface area (Å²) in [6.45, 7) is 1.27. The monoisotopic (exact) mass is 328 g/mol. The van der Waals surface area contributed by atoms with E-state index in [1.165, 1.54) is 19.3 Å². The van der Waals surface area contributed by atoms with Gasteiger partial charge in [0.05, 0.1) is 11.6 Å². The molecule has 0 saturated heterocycles. The molecule has 0 unspecified atom stereocenters. The molecule has 0 amide bonds. The Morgan fingerprint density at radius 2 is 1.90 bits per heavy atom. The number of hydrogen-bond donors (Lipinski definition) is 0. The van der Waals surface area contributed by atoms with E-state index < -0.39 is 0 Å². The van der Waals surface area contributed by atoms with E-state index in [1.54, 1.807) is 18.2 Å². The van der Waals surface area contributed by atoms with Gasteiger partial charge in [0.15, 0.2) is 5.78 Å². The summed E-state index contributed by atoms with van der Waals surface area (Å²) in [6, 6.07) is 5.02. The third-order valence-electron chi connectivity index (χ3n) is 4.44. The fourth-order valence-corrected chi connectivity index (χ4v) is 3.45. The SMILES string of the molecule is CN(CC(=O)c1ccc(Cl)cc1Cl)CC1(N(C)C)CCC1. The highest BCUT2D eigenvalue weighted by atomic mass is 35.5. The molecule has 21 heavy (non-hydrogen) atoms. The van der Waals surface area contributed by atoms with Gasteiger partial charge < -0.3 is 4.90 Å². The first-order valence-electron chi connectivity index (χ1n) is 7.18. The van der Waals surface area contributed by atoms with Crippen molar-refractivity contribution in [2.24, 2.45) is 0 Å². The zero-order chi connectivity index (χ0) is 15.6. The van der Waals surface area contributed by atoms with Crippen LogP contribution in [0.4, 0.5) is 0 Å². The van der Waals surface area contributed by atoms with Crippen LogP contribution in [0.2, 0.25) is 10.0 Å². The largest absolute Gasteiger partial charge is 0.302 e. The average molecular weight is 329 g/mol. The van der Waals surface area contributed by atoms with E-state index in [9.17, 15) is 4.79 Å². The summed E-state index contributed by atoms with van der Waals surface area (Å²) in [6.07, 6.45) is 3.66. The van der Waals surface area contributed by atoms with E-state index in [0.29, 0.717) is 22.2 Å². The zero-order valence-electron chi connectivity index (χ0n) is 12.8. The van der Waals surface area contributed by atoms with Crippen LogP contribution in [0.25, 0.3) is 0 Å². The van der Waals surface area contributed by atoms with Crippen LogP contribution in [-0.4, -0.2) is 55.4 Å². The first-order valence-corrected chi connectivity index (χ1v) is 7.94. The lowest BCUT2D eigenvalue weighted by atomic mass is 9.75. The van der Waals surface area contributed by atoms with E-state index in [-0.39, 0.29) is 11.3 Å². The molecule has 0 atom stereocenters. The number of hydrogen-bond acceptors (Lipinski definition) is 3. The number of carbonyl (C=O) groups is 1. The fourth-order valence-electron chi connectivity index (χ4n) is 2.94. The van der Waals surface area contributed by atoms with E-state index in [0.717, 1.165) is 6.54 Å². The summed E-state index contributed by atoms with van der Waals surface area (Å²) in [5, 5.41) is 0.970. The standard InChI is InChI=1S/C16H22Cl2N2O/c1-19(2)16(7-4-8-16)11-20(3)10-15(21)13-6-5-12(17)9-14(13)18/h5-6,9H,4,7-8,10-11H2,1-3H3. The third-order valence-corrected chi connectivity index (χ3v) is 4.99. The number of nitrogens with zero attached hydrogens (tertiary/aromatic N) is 2. The lowest BCUT2D eigenvalue weighted by molar-refractivity contribution is 0.0280. The molecule has 0 spiro atoms. The second-order valence-corrected chi connectivity index (χ2v) is 7.04. The van der Waals surface area contributed by atoms with Crippen molar-refractivity contribution in [1.82, 2.24) is 9.80 Å². The van der Waals surface area contributed by atoms with Crippen LogP contribution in [0.15, 0.2) is 18.2 Å². The molecular formula is C16H22Cl2N2O. The number of carbonyl (C=O) groups excluding carboxylic acids is 1. The lowest BCUT2D eigenvalue weighted by Gasteiger charge is -2.49. The summed E-state index contributed by atoms with van der Waals surface area (Å²) < 4.78 is 0. The van der Waals surface area contributed by atoms with Crippen molar-refractivity contribution in [3.8, 4) is 0 Å². The van der Waals surface area contributed by atoms with Gasteiger partial charge in [0.25, 0.3) is 0 Å². The maximum absolute atomic E-state index is 12.4. The molecule has 0 radical (unpaired) electrons. The number of ketones is 1. The summed E-state index contributed by atoms with van der Waals surface area (Å²) in [5.41, 5.74) is 0.763. The highest BCUT2D eigenvalue weighted by Gasteiger charge is 2.39. The van der Waals surface area contributed by atoms with Gasteiger partial charge in [-0.05, 0) is 58.6 Å². The van der Waals surface area contributed by atoms with Gasteiger partial charge in [0.2, 0.25) is 0 Å². The molecule has 116 valence electrons. The molecule has 1 aliphatic carbocycles. The maximum atomic E-state index is 12.4. The Labute approximate surface area is 136 Å². The summed E-state index contributed by atoms with van der Waals surface area (Å²) >= 11 is 12.0. The molecule has 0 bridgehead atoms. The Kier molecular flexibility index (Phi) is 5.31. The van der Waals surface area contributed by atoms with Crippen molar-refractivity contribution in [3.05, 3.63) is 33.8 Å². The minimum absolute atomic E-state index is 0.0346. The van der Waals surface area contributed by atoms with E-state index in [4.69, 9.17) is 23.2 Å². The number of halogens is 2. The molecule has 1 aromatic carbocycles. The number of benzene rings is 1.